The second kappa shape index (κ2) is 4.76. The van der Waals surface area contributed by atoms with Gasteiger partial charge in [0.25, 0.3) is 0 Å². The normalized spacial score (nSPS) is 16.7. The Labute approximate surface area is 102 Å². The third kappa shape index (κ3) is 2.27. The molecule has 0 radical (unpaired) electrons. The Morgan fingerprint density at radius 1 is 1.18 bits per heavy atom. The van der Waals surface area contributed by atoms with Crippen molar-refractivity contribution in [2.24, 2.45) is 0 Å². The number of benzene rings is 1. The molecule has 0 atom stereocenters. The van der Waals surface area contributed by atoms with Crippen LogP contribution in [0.2, 0.25) is 0 Å². The number of rotatable bonds is 3. The first kappa shape index (κ1) is 10.6. The van der Waals surface area contributed by atoms with Gasteiger partial charge in [-0.25, -0.2) is 0 Å². The van der Waals surface area contributed by atoms with Crippen LogP contribution in [0.3, 0.4) is 0 Å². The Bertz CT molecular complexity index is 524. The second-order valence-electron chi connectivity index (χ2n) is 4.67. The number of para-hydroxylation sites is 1. The highest BCUT2D eigenvalue weighted by Gasteiger charge is 2.08. The summed E-state index contributed by atoms with van der Waals surface area (Å²) in [5.74, 6) is 0. The van der Waals surface area contributed by atoms with Gasteiger partial charge in [-0.2, -0.15) is 0 Å². The fraction of sp³-hybridized carbons (Fsp3) is 0.333. The van der Waals surface area contributed by atoms with Crippen molar-refractivity contribution in [1.29, 1.82) is 0 Å². The van der Waals surface area contributed by atoms with Gasteiger partial charge in [0.15, 0.2) is 0 Å². The summed E-state index contributed by atoms with van der Waals surface area (Å²) >= 11 is 0. The minimum absolute atomic E-state index is 1.11. The number of nitrogens with zero attached hydrogens (tertiary/aromatic N) is 1. The van der Waals surface area contributed by atoms with Crippen LogP contribution in [0.15, 0.2) is 42.6 Å². The van der Waals surface area contributed by atoms with Crippen LogP contribution < -0.4 is 0 Å². The van der Waals surface area contributed by atoms with E-state index in [2.05, 4.69) is 52.5 Å². The van der Waals surface area contributed by atoms with Crippen LogP contribution in [0.4, 0.5) is 0 Å². The van der Waals surface area contributed by atoms with E-state index in [1.165, 1.54) is 29.4 Å². The summed E-state index contributed by atoms with van der Waals surface area (Å²) in [7, 11) is 0. The lowest BCUT2D eigenvalue weighted by Gasteiger charge is -2.22. The summed E-state index contributed by atoms with van der Waals surface area (Å²) in [5.41, 5.74) is 2.69. The first-order valence-electron chi connectivity index (χ1n) is 6.36. The Morgan fingerprint density at radius 2 is 2.12 bits per heavy atom. The van der Waals surface area contributed by atoms with Gasteiger partial charge in [-0.15, -0.1) is 0 Å². The molecule has 0 bridgehead atoms. The van der Waals surface area contributed by atoms with Gasteiger partial charge in [0.2, 0.25) is 0 Å². The molecule has 1 aromatic carbocycles. The molecule has 0 spiro atoms. The van der Waals surface area contributed by atoms with E-state index in [0.717, 1.165) is 19.5 Å². The molecule has 0 fully saturated rings. The minimum atomic E-state index is 1.11. The summed E-state index contributed by atoms with van der Waals surface area (Å²) in [6, 6.07) is 8.54. The zero-order valence-electron chi connectivity index (χ0n) is 10.0. The van der Waals surface area contributed by atoms with Crippen LogP contribution in [-0.4, -0.2) is 29.5 Å². The van der Waals surface area contributed by atoms with Crippen molar-refractivity contribution in [3.63, 3.8) is 0 Å². The highest BCUT2D eigenvalue weighted by molar-refractivity contribution is 5.83. The fourth-order valence-corrected chi connectivity index (χ4v) is 2.51. The van der Waals surface area contributed by atoms with Gasteiger partial charge in [-0.05, 0) is 24.5 Å². The van der Waals surface area contributed by atoms with E-state index < -0.39 is 0 Å². The van der Waals surface area contributed by atoms with Gasteiger partial charge < -0.3 is 4.98 Å². The lowest BCUT2D eigenvalue weighted by molar-refractivity contribution is 0.303. The summed E-state index contributed by atoms with van der Waals surface area (Å²) in [6.07, 6.45) is 9.05. The summed E-state index contributed by atoms with van der Waals surface area (Å²) in [6.45, 7) is 3.48. The molecule has 88 valence electrons. The third-order valence-electron chi connectivity index (χ3n) is 3.51. The highest BCUT2D eigenvalue weighted by Crippen LogP contribution is 2.18. The largest absolute Gasteiger partial charge is 0.361 e. The Balaban J connectivity index is 1.70. The zero-order valence-corrected chi connectivity index (χ0v) is 10.0. The van der Waals surface area contributed by atoms with Crippen LogP contribution in [0.25, 0.3) is 10.9 Å². The molecule has 0 unspecified atom stereocenters. The number of hydrogen-bond donors (Lipinski definition) is 1. The number of fused-ring (bicyclic) bond motifs is 1. The molecule has 2 heteroatoms. The molecular weight excluding hydrogens is 208 g/mol. The van der Waals surface area contributed by atoms with Gasteiger partial charge >= 0.3 is 0 Å². The van der Waals surface area contributed by atoms with Gasteiger partial charge in [0.05, 0.1) is 0 Å². The van der Waals surface area contributed by atoms with E-state index in [0.29, 0.717) is 0 Å². The molecule has 1 aromatic heterocycles. The average Bonchev–Trinajstić information content (AvgIpc) is 2.81. The van der Waals surface area contributed by atoms with Crippen LogP contribution in [0, 0.1) is 0 Å². The molecule has 0 saturated carbocycles. The lowest BCUT2D eigenvalue weighted by atomic mass is 10.1. The summed E-state index contributed by atoms with van der Waals surface area (Å²) in [4.78, 5) is 5.86. The van der Waals surface area contributed by atoms with Crippen molar-refractivity contribution in [3.8, 4) is 0 Å². The van der Waals surface area contributed by atoms with Crippen molar-refractivity contribution in [2.75, 3.05) is 19.6 Å². The molecule has 2 aromatic rings. The van der Waals surface area contributed by atoms with Crippen molar-refractivity contribution in [1.82, 2.24) is 9.88 Å². The second-order valence-corrected chi connectivity index (χ2v) is 4.67. The molecule has 1 N–H and O–H groups in total. The van der Waals surface area contributed by atoms with Crippen LogP contribution in [-0.2, 0) is 6.42 Å². The molecule has 2 nitrogen and oxygen atoms in total. The number of nitrogens with one attached hydrogen (secondary N) is 1. The molecular formula is C15H18N2. The molecule has 2 heterocycles. The summed E-state index contributed by atoms with van der Waals surface area (Å²) in [5, 5.41) is 1.38. The smallest absolute Gasteiger partial charge is 0.0456 e. The van der Waals surface area contributed by atoms with E-state index in [-0.39, 0.29) is 0 Å². The van der Waals surface area contributed by atoms with E-state index in [4.69, 9.17) is 0 Å². The van der Waals surface area contributed by atoms with E-state index in [1.807, 2.05) is 0 Å². The first-order chi connectivity index (χ1) is 8.43. The first-order valence-corrected chi connectivity index (χ1v) is 6.36. The zero-order chi connectivity index (χ0) is 11.5. The van der Waals surface area contributed by atoms with Crippen molar-refractivity contribution in [2.45, 2.75) is 12.8 Å². The Kier molecular flexibility index (Phi) is 2.97. The maximum Gasteiger partial charge on any atom is 0.0456 e. The number of aromatic nitrogens is 1. The average molecular weight is 226 g/mol. The molecule has 17 heavy (non-hydrogen) atoms. The maximum atomic E-state index is 3.34. The number of H-pyrrole nitrogens is 1. The van der Waals surface area contributed by atoms with Crippen LogP contribution in [0.5, 0.6) is 0 Å². The molecule has 3 rings (SSSR count). The SMILES string of the molecule is C1=CCN(CCc2c[nH]c3ccccc23)CC1. The Morgan fingerprint density at radius 3 is 3.00 bits per heavy atom. The van der Waals surface area contributed by atoms with E-state index in [1.54, 1.807) is 0 Å². The minimum Gasteiger partial charge on any atom is -0.361 e. The fourth-order valence-electron chi connectivity index (χ4n) is 2.51. The Hall–Kier alpha value is -1.54. The van der Waals surface area contributed by atoms with Crippen LogP contribution >= 0.6 is 0 Å². The van der Waals surface area contributed by atoms with Crippen molar-refractivity contribution in [3.05, 3.63) is 48.2 Å². The third-order valence-corrected chi connectivity index (χ3v) is 3.51. The van der Waals surface area contributed by atoms with Crippen molar-refractivity contribution >= 4 is 10.9 Å². The van der Waals surface area contributed by atoms with Gasteiger partial charge in [0, 0.05) is 36.7 Å². The molecule has 1 aliphatic heterocycles. The van der Waals surface area contributed by atoms with Gasteiger partial charge in [0.1, 0.15) is 0 Å². The van der Waals surface area contributed by atoms with Crippen molar-refractivity contribution < 1.29 is 0 Å². The maximum absolute atomic E-state index is 3.34. The molecule has 1 aliphatic rings. The number of aromatic amines is 1. The van der Waals surface area contributed by atoms with E-state index in [9.17, 15) is 0 Å². The van der Waals surface area contributed by atoms with Crippen LogP contribution in [0.1, 0.15) is 12.0 Å². The molecule has 0 amide bonds. The van der Waals surface area contributed by atoms with Gasteiger partial charge in [-0.1, -0.05) is 30.4 Å². The monoisotopic (exact) mass is 226 g/mol. The molecule has 0 aliphatic carbocycles. The lowest BCUT2D eigenvalue weighted by Crippen LogP contribution is -2.29. The predicted molar refractivity (Wildman–Crippen MR) is 72.2 cm³/mol. The molecule has 0 saturated heterocycles. The van der Waals surface area contributed by atoms with E-state index >= 15 is 0 Å². The highest BCUT2D eigenvalue weighted by atomic mass is 15.1. The standard InChI is InChI=1S/C15H18N2/c1-4-9-17(10-5-1)11-8-13-12-16-15-7-3-2-6-14(13)15/h1-4,6-7,12,16H,5,8-11H2. The predicted octanol–water partition coefficient (Wildman–Crippen LogP) is 2.97. The topological polar surface area (TPSA) is 19.0 Å². The summed E-state index contributed by atoms with van der Waals surface area (Å²) < 4.78 is 0. The van der Waals surface area contributed by atoms with Gasteiger partial charge in [-0.3, -0.25) is 4.90 Å². The quantitative estimate of drug-likeness (QED) is 0.797. The number of hydrogen-bond acceptors (Lipinski definition) is 1.